The minimum Gasteiger partial charge on any atom is -0.487 e. The van der Waals surface area contributed by atoms with E-state index >= 15 is 0 Å². The molecule has 0 bridgehead atoms. The normalized spacial score (nSPS) is 10.7. The number of carbonyl (C=O) groups excluding carboxylic acids is 2. The summed E-state index contributed by atoms with van der Waals surface area (Å²) in [5.41, 5.74) is 3.13. The van der Waals surface area contributed by atoms with Crippen LogP contribution < -0.4 is 15.4 Å². The summed E-state index contributed by atoms with van der Waals surface area (Å²) < 4.78 is 5.71. The highest BCUT2D eigenvalue weighted by molar-refractivity contribution is 7.09. The standard InChI is InChI=1S/C22H21N3O3S/c1-15(26)23-18-6-8-19(9-7-18)25-22(27)12-5-17-3-10-21(11-4-17)28-13-20-14-29-16(2)24-20/h3-12,14H,13H2,1-2H3,(H,23,26)(H,25,27)/b12-5+. The number of hydrogen-bond acceptors (Lipinski definition) is 5. The molecule has 1 aromatic heterocycles. The molecule has 6 nitrogen and oxygen atoms in total. The van der Waals surface area contributed by atoms with Gasteiger partial charge in [-0.1, -0.05) is 12.1 Å². The summed E-state index contributed by atoms with van der Waals surface area (Å²) in [7, 11) is 0. The molecule has 3 rings (SSSR count). The lowest BCUT2D eigenvalue weighted by atomic mass is 10.2. The molecule has 2 aromatic carbocycles. The van der Waals surface area contributed by atoms with Gasteiger partial charge in [0.15, 0.2) is 0 Å². The highest BCUT2D eigenvalue weighted by Gasteiger charge is 2.01. The van der Waals surface area contributed by atoms with Gasteiger partial charge in [0.25, 0.3) is 0 Å². The van der Waals surface area contributed by atoms with E-state index in [0.29, 0.717) is 18.0 Å². The molecule has 0 unspecified atom stereocenters. The molecule has 29 heavy (non-hydrogen) atoms. The summed E-state index contributed by atoms with van der Waals surface area (Å²) in [5, 5.41) is 8.46. The van der Waals surface area contributed by atoms with Crippen LogP contribution in [-0.2, 0) is 16.2 Å². The van der Waals surface area contributed by atoms with Gasteiger partial charge in [0, 0.05) is 29.8 Å². The zero-order valence-corrected chi connectivity index (χ0v) is 17.0. The van der Waals surface area contributed by atoms with Crippen molar-refractivity contribution in [2.75, 3.05) is 10.6 Å². The Hall–Kier alpha value is -3.45. The van der Waals surface area contributed by atoms with Crippen molar-refractivity contribution in [1.29, 1.82) is 0 Å². The lowest BCUT2D eigenvalue weighted by Crippen LogP contribution is -2.08. The molecule has 0 radical (unpaired) electrons. The molecule has 2 amide bonds. The summed E-state index contributed by atoms with van der Waals surface area (Å²) in [6, 6.07) is 14.4. The topological polar surface area (TPSA) is 80.3 Å². The Morgan fingerprint density at radius 3 is 2.28 bits per heavy atom. The highest BCUT2D eigenvalue weighted by Crippen LogP contribution is 2.17. The van der Waals surface area contributed by atoms with E-state index < -0.39 is 0 Å². The van der Waals surface area contributed by atoms with Crippen molar-refractivity contribution in [2.24, 2.45) is 0 Å². The van der Waals surface area contributed by atoms with E-state index in [0.717, 1.165) is 22.0 Å². The molecule has 148 valence electrons. The Labute approximate surface area is 173 Å². The second kappa shape index (κ2) is 9.66. The van der Waals surface area contributed by atoms with Crippen molar-refractivity contribution < 1.29 is 14.3 Å². The van der Waals surface area contributed by atoms with Gasteiger partial charge in [-0.05, 0) is 55.0 Å². The number of aromatic nitrogens is 1. The average Bonchev–Trinajstić information content (AvgIpc) is 3.12. The minimum atomic E-state index is -0.239. The maximum Gasteiger partial charge on any atom is 0.248 e. The SMILES string of the molecule is CC(=O)Nc1ccc(NC(=O)/C=C/c2ccc(OCc3csc(C)n3)cc2)cc1. The lowest BCUT2D eigenvalue weighted by Gasteiger charge is -2.05. The van der Waals surface area contributed by atoms with Crippen LogP contribution in [0.5, 0.6) is 5.75 Å². The second-order valence-corrected chi connectivity index (χ2v) is 7.36. The van der Waals surface area contributed by atoms with E-state index in [2.05, 4.69) is 15.6 Å². The molecule has 0 saturated heterocycles. The molecule has 0 aliphatic heterocycles. The predicted molar refractivity (Wildman–Crippen MR) is 116 cm³/mol. The molecular weight excluding hydrogens is 386 g/mol. The van der Waals surface area contributed by atoms with E-state index in [9.17, 15) is 9.59 Å². The molecular formula is C22H21N3O3S. The van der Waals surface area contributed by atoms with Gasteiger partial charge in [-0.3, -0.25) is 9.59 Å². The van der Waals surface area contributed by atoms with Gasteiger partial charge < -0.3 is 15.4 Å². The number of carbonyl (C=O) groups is 2. The van der Waals surface area contributed by atoms with Crippen LogP contribution in [0.4, 0.5) is 11.4 Å². The maximum atomic E-state index is 12.1. The Morgan fingerprint density at radius 1 is 1.03 bits per heavy atom. The first-order valence-electron chi connectivity index (χ1n) is 8.98. The Kier molecular flexibility index (Phi) is 6.76. The summed E-state index contributed by atoms with van der Waals surface area (Å²) in [5.74, 6) is 0.368. The number of hydrogen-bond donors (Lipinski definition) is 2. The molecule has 0 spiro atoms. The second-order valence-electron chi connectivity index (χ2n) is 6.30. The van der Waals surface area contributed by atoms with Crippen molar-refractivity contribution in [3.05, 3.63) is 76.3 Å². The number of nitrogens with zero attached hydrogens (tertiary/aromatic N) is 1. The third-order valence-electron chi connectivity index (χ3n) is 3.83. The summed E-state index contributed by atoms with van der Waals surface area (Å²) in [6.45, 7) is 3.84. The number of anilines is 2. The molecule has 2 N–H and O–H groups in total. The number of thiazole rings is 1. The van der Waals surface area contributed by atoms with Crippen molar-refractivity contribution in [3.63, 3.8) is 0 Å². The third-order valence-corrected chi connectivity index (χ3v) is 4.66. The fourth-order valence-electron chi connectivity index (χ4n) is 2.50. The minimum absolute atomic E-state index is 0.139. The zero-order valence-electron chi connectivity index (χ0n) is 16.1. The molecule has 3 aromatic rings. The van der Waals surface area contributed by atoms with Crippen molar-refractivity contribution in [1.82, 2.24) is 4.98 Å². The number of rotatable bonds is 7. The smallest absolute Gasteiger partial charge is 0.248 e. The number of nitrogens with one attached hydrogen (secondary N) is 2. The van der Waals surface area contributed by atoms with Crippen LogP contribution in [0.25, 0.3) is 6.08 Å². The van der Waals surface area contributed by atoms with Crippen LogP contribution in [0, 0.1) is 6.92 Å². The number of ether oxygens (including phenoxy) is 1. The monoisotopic (exact) mass is 407 g/mol. The average molecular weight is 407 g/mol. The summed E-state index contributed by atoms with van der Waals surface area (Å²) in [4.78, 5) is 27.5. The van der Waals surface area contributed by atoms with Crippen molar-refractivity contribution in [2.45, 2.75) is 20.5 Å². The lowest BCUT2D eigenvalue weighted by molar-refractivity contribution is -0.114. The molecule has 0 aliphatic carbocycles. The van der Waals surface area contributed by atoms with Crippen LogP contribution >= 0.6 is 11.3 Å². The largest absolute Gasteiger partial charge is 0.487 e. The van der Waals surface area contributed by atoms with Crippen LogP contribution in [0.15, 0.2) is 60.0 Å². The predicted octanol–water partition coefficient (Wildman–Crippen LogP) is 4.64. The van der Waals surface area contributed by atoms with Crippen molar-refractivity contribution >= 4 is 40.6 Å². The van der Waals surface area contributed by atoms with Crippen LogP contribution in [0.2, 0.25) is 0 Å². The Bertz CT molecular complexity index is 1010. The van der Waals surface area contributed by atoms with Gasteiger partial charge in [0.1, 0.15) is 12.4 Å². The van der Waals surface area contributed by atoms with Crippen LogP contribution in [0.3, 0.4) is 0 Å². The molecule has 0 saturated carbocycles. The van der Waals surface area contributed by atoms with Gasteiger partial charge in [-0.15, -0.1) is 11.3 Å². The van der Waals surface area contributed by atoms with Gasteiger partial charge >= 0.3 is 0 Å². The number of benzene rings is 2. The number of aryl methyl sites for hydroxylation is 1. The first-order chi connectivity index (χ1) is 14.0. The summed E-state index contributed by atoms with van der Waals surface area (Å²) >= 11 is 1.60. The Balaban J connectivity index is 1.49. The fraction of sp³-hybridized carbons (Fsp3) is 0.136. The van der Waals surface area contributed by atoms with Crippen molar-refractivity contribution in [3.8, 4) is 5.75 Å². The number of amides is 2. The maximum absolute atomic E-state index is 12.1. The summed E-state index contributed by atoms with van der Waals surface area (Å²) in [6.07, 6.45) is 3.20. The van der Waals surface area contributed by atoms with E-state index in [1.165, 1.54) is 13.0 Å². The quantitative estimate of drug-likeness (QED) is 0.559. The third kappa shape index (κ3) is 6.58. The Morgan fingerprint density at radius 2 is 1.69 bits per heavy atom. The first-order valence-corrected chi connectivity index (χ1v) is 9.86. The van der Waals surface area contributed by atoms with Crippen LogP contribution in [-0.4, -0.2) is 16.8 Å². The van der Waals surface area contributed by atoms with E-state index in [1.54, 1.807) is 41.7 Å². The molecule has 0 atom stereocenters. The fourth-order valence-corrected chi connectivity index (χ4v) is 3.10. The van der Waals surface area contributed by atoms with Gasteiger partial charge in [0.2, 0.25) is 11.8 Å². The van der Waals surface area contributed by atoms with Gasteiger partial charge in [-0.25, -0.2) is 4.98 Å². The van der Waals surface area contributed by atoms with E-state index in [4.69, 9.17) is 4.74 Å². The van der Waals surface area contributed by atoms with Crippen LogP contribution in [0.1, 0.15) is 23.2 Å². The highest BCUT2D eigenvalue weighted by atomic mass is 32.1. The first kappa shape index (κ1) is 20.3. The molecule has 1 heterocycles. The van der Waals surface area contributed by atoms with E-state index in [-0.39, 0.29) is 11.8 Å². The molecule has 0 fully saturated rings. The molecule has 7 heteroatoms. The zero-order chi connectivity index (χ0) is 20.6. The van der Waals surface area contributed by atoms with Gasteiger partial charge in [0.05, 0.1) is 10.7 Å². The molecule has 0 aliphatic rings. The van der Waals surface area contributed by atoms with Gasteiger partial charge in [-0.2, -0.15) is 0 Å². The van der Waals surface area contributed by atoms with E-state index in [1.807, 2.05) is 36.6 Å².